The highest BCUT2D eigenvalue weighted by molar-refractivity contribution is 7.91. The maximum atomic E-state index is 14.4. The number of sulfone groups is 1. The molecule has 2 aliphatic rings. The molecule has 152 valence electrons. The van der Waals surface area contributed by atoms with Crippen molar-refractivity contribution in [1.82, 2.24) is 20.2 Å². The van der Waals surface area contributed by atoms with Gasteiger partial charge < -0.3 is 9.64 Å². The molecule has 29 heavy (non-hydrogen) atoms. The van der Waals surface area contributed by atoms with Crippen molar-refractivity contribution in [3.05, 3.63) is 30.3 Å². The van der Waals surface area contributed by atoms with Gasteiger partial charge in [0.15, 0.2) is 21.4 Å². The minimum absolute atomic E-state index is 0.108. The molecular formula is C19H20FN5O3S. The number of halogens is 1. The summed E-state index contributed by atoms with van der Waals surface area (Å²) in [6.45, 7) is 2.74. The summed E-state index contributed by atoms with van der Waals surface area (Å²) in [7, 11) is -2.98. The molecule has 0 unspecified atom stereocenters. The molecular weight excluding hydrogens is 397 g/mol. The smallest absolute Gasteiger partial charge is 0.167 e. The largest absolute Gasteiger partial charge is 0.484 e. The lowest BCUT2D eigenvalue weighted by atomic mass is 10.1. The average Bonchev–Trinajstić information content (AvgIpc) is 3.27. The Hall–Kier alpha value is -2.75. The highest BCUT2D eigenvalue weighted by Crippen LogP contribution is 2.41. The fourth-order valence-electron chi connectivity index (χ4n) is 3.43. The molecule has 1 saturated carbocycles. The first-order chi connectivity index (χ1) is 13.8. The summed E-state index contributed by atoms with van der Waals surface area (Å²) in [5.74, 6) is 0.631. The van der Waals surface area contributed by atoms with E-state index in [1.165, 1.54) is 12.4 Å². The second kappa shape index (κ2) is 6.38. The van der Waals surface area contributed by atoms with Crippen LogP contribution in [-0.4, -0.2) is 58.8 Å². The summed E-state index contributed by atoms with van der Waals surface area (Å²) in [5.41, 5.74) is 1.40. The summed E-state index contributed by atoms with van der Waals surface area (Å²) in [4.78, 5) is 10.5. The van der Waals surface area contributed by atoms with Crippen molar-refractivity contribution in [1.29, 1.82) is 0 Å². The molecule has 1 saturated heterocycles. The number of hydrogen-bond donors (Lipinski definition) is 1. The number of H-pyrrole nitrogens is 1. The number of ether oxygens (including phenoxy) is 1. The molecule has 10 heteroatoms. The lowest BCUT2D eigenvalue weighted by Gasteiger charge is -2.27. The molecule has 3 aromatic rings. The van der Waals surface area contributed by atoms with E-state index in [9.17, 15) is 12.8 Å². The van der Waals surface area contributed by atoms with Crippen LogP contribution in [0.4, 0.5) is 10.2 Å². The van der Waals surface area contributed by atoms with Crippen LogP contribution in [0.15, 0.2) is 24.5 Å². The van der Waals surface area contributed by atoms with E-state index in [-0.39, 0.29) is 22.9 Å². The van der Waals surface area contributed by atoms with Gasteiger partial charge in [0.25, 0.3) is 0 Å². The Balaban J connectivity index is 1.50. The molecule has 1 aromatic carbocycles. The molecule has 5 rings (SSSR count). The molecule has 1 aliphatic carbocycles. The van der Waals surface area contributed by atoms with Crippen LogP contribution in [0, 0.1) is 5.82 Å². The number of nitrogens with one attached hydrogen (secondary N) is 1. The van der Waals surface area contributed by atoms with Gasteiger partial charge in [-0.3, -0.25) is 5.10 Å². The molecule has 0 spiro atoms. The predicted octanol–water partition coefficient (Wildman–Crippen LogP) is 2.33. The normalized spacial score (nSPS) is 20.0. The van der Waals surface area contributed by atoms with Crippen molar-refractivity contribution >= 4 is 26.6 Å². The fraction of sp³-hybridized carbons (Fsp3) is 0.421. The number of aromatic nitrogens is 4. The Morgan fingerprint density at radius 2 is 1.93 bits per heavy atom. The molecule has 1 N–H and O–H groups in total. The second-order valence-corrected chi connectivity index (χ2v) is 10.2. The number of nitrogens with zero attached hydrogens (tertiary/aromatic N) is 4. The van der Waals surface area contributed by atoms with E-state index < -0.39 is 15.7 Å². The number of rotatable bonds is 4. The van der Waals surface area contributed by atoms with E-state index in [4.69, 9.17) is 4.74 Å². The number of anilines is 1. The van der Waals surface area contributed by atoms with Crippen LogP contribution < -0.4 is 9.64 Å². The molecule has 2 aromatic heterocycles. The number of fused-ring (bicyclic) bond motifs is 1. The minimum Gasteiger partial charge on any atom is -0.484 e. The molecule has 2 fully saturated rings. The zero-order valence-corrected chi connectivity index (χ0v) is 16.7. The molecule has 8 nitrogen and oxygen atoms in total. The van der Waals surface area contributed by atoms with Gasteiger partial charge in [0.1, 0.15) is 23.4 Å². The van der Waals surface area contributed by atoms with Crippen LogP contribution in [0.1, 0.15) is 19.8 Å². The van der Waals surface area contributed by atoms with Crippen LogP contribution >= 0.6 is 0 Å². The molecule has 0 bridgehead atoms. The van der Waals surface area contributed by atoms with Gasteiger partial charge in [0.2, 0.25) is 0 Å². The van der Waals surface area contributed by atoms with Gasteiger partial charge in [-0.05, 0) is 25.8 Å². The fourth-order valence-corrected chi connectivity index (χ4v) is 4.63. The number of hydrogen-bond acceptors (Lipinski definition) is 7. The maximum absolute atomic E-state index is 14.4. The monoisotopic (exact) mass is 417 g/mol. The summed E-state index contributed by atoms with van der Waals surface area (Å²) in [6.07, 6.45) is 3.24. The topological polar surface area (TPSA) is 101 Å². The Kier molecular flexibility index (Phi) is 4.02. The third-order valence-electron chi connectivity index (χ3n) is 5.49. The molecule has 1 aliphatic heterocycles. The molecule has 0 amide bonds. The van der Waals surface area contributed by atoms with Crippen molar-refractivity contribution in [3.63, 3.8) is 0 Å². The van der Waals surface area contributed by atoms with E-state index in [2.05, 4.69) is 20.2 Å². The van der Waals surface area contributed by atoms with Crippen LogP contribution in [0.25, 0.3) is 22.3 Å². The van der Waals surface area contributed by atoms with Crippen LogP contribution in [0.5, 0.6) is 5.75 Å². The van der Waals surface area contributed by atoms with E-state index >= 15 is 0 Å². The quantitative estimate of drug-likeness (QED) is 0.695. The summed E-state index contributed by atoms with van der Waals surface area (Å²) in [6, 6.07) is 4.81. The van der Waals surface area contributed by atoms with Gasteiger partial charge in [0.05, 0.1) is 22.7 Å². The van der Waals surface area contributed by atoms with Crippen LogP contribution in [0.3, 0.4) is 0 Å². The lowest BCUT2D eigenvalue weighted by molar-refractivity contribution is 0.191. The number of benzene rings is 1. The maximum Gasteiger partial charge on any atom is 0.167 e. The molecule has 3 heterocycles. The summed E-state index contributed by atoms with van der Waals surface area (Å²) >= 11 is 0. The third-order valence-corrected chi connectivity index (χ3v) is 7.10. The Morgan fingerprint density at radius 1 is 1.17 bits per heavy atom. The van der Waals surface area contributed by atoms with Crippen LogP contribution in [0.2, 0.25) is 0 Å². The van der Waals surface area contributed by atoms with Gasteiger partial charge in [-0.15, -0.1) is 0 Å². The SMILES string of the molecule is CC1(Oc2cc3c(-c4cc(N5CCS(=O)(=O)CC5)ncn4)n[nH]c3cc2F)CC1. The van der Waals surface area contributed by atoms with Gasteiger partial charge in [-0.2, -0.15) is 5.10 Å². The molecule has 0 radical (unpaired) electrons. The first-order valence-electron chi connectivity index (χ1n) is 9.46. The van der Waals surface area contributed by atoms with Crippen molar-refractivity contribution in [2.45, 2.75) is 25.4 Å². The first kappa shape index (κ1) is 18.3. The van der Waals surface area contributed by atoms with Gasteiger partial charge in [-0.1, -0.05) is 0 Å². The summed E-state index contributed by atoms with van der Waals surface area (Å²) < 4.78 is 43.6. The third kappa shape index (κ3) is 3.52. The van der Waals surface area contributed by atoms with Crippen molar-refractivity contribution in [3.8, 4) is 17.1 Å². The standard InChI is InChI=1S/C19H20FN5O3S/c1-19(2-3-19)28-16-8-12-14(9-13(16)20)23-24-18(12)15-10-17(22-11-21-15)25-4-6-29(26,27)7-5-25/h8-11H,2-7H2,1H3,(H,23,24). The zero-order valence-electron chi connectivity index (χ0n) is 15.9. The second-order valence-electron chi connectivity index (χ2n) is 7.85. The van der Waals surface area contributed by atoms with E-state index in [1.54, 1.807) is 12.1 Å². The van der Waals surface area contributed by atoms with E-state index in [1.807, 2.05) is 11.8 Å². The van der Waals surface area contributed by atoms with Gasteiger partial charge in [-0.25, -0.2) is 22.8 Å². The van der Waals surface area contributed by atoms with Gasteiger partial charge in [0, 0.05) is 30.6 Å². The van der Waals surface area contributed by atoms with E-state index in [0.29, 0.717) is 41.2 Å². The Labute approximate surface area is 167 Å². The Bertz CT molecular complexity index is 1190. The minimum atomic E-state index is -2.98. The van der Waals surface area contributed by atoms with E-state index in [0.717, 1.165) is 12.8 Å². The average molecular weight is 417 g/mol. The van der Waals surface area contributed by atoms with Gasteiger partial charge >= 0.3 is 0 Å². The highest BCUT2D eigenvalue weighted by Gasteiger charge is 2.40. The molecule has 0 atom stereocenters. The Morgan fingerprint density at radius 3 is 2.66 bits per heavy atom. The lowest BCUT2D eigenvalue weighted by Crippen LogP contribution is -2.40. The zero-order chi connectivity index (χ0) is 20.2. The summed E-state index contributed by atoms with van der Waals surface area (Å²) in [5, 5.41) is 7.87. The highest BCUT2D eigenvalue weighted by atomic mass is 32.2. The van der Waals surface area contributed by atoms with Crippen LogP contribution in [-0.2, 0) is 9.84 Å². The first-order valence-corrected chi connectivity index (χ1v) is 11.3. The predicted molar refractivity (Wildman–Crippen MR) is 106 cm³/mol. The van der Waals surface area contributed by atoms with Crippen molar-refractivity contribution in [2.75, 3.05) is 29.5 Å². The number of aromatic amines is 1. The van der Waals surface area contributed by atoms with Crippen molar-refractivity contribution < 1.29 is 17.5 Å². The van der Waals surface area contributed by atoms with Crippen molar-refractivity contribution in [2.24, 2.45) is 0 Å².